The standard InChI is InChI=1S/C14H20N2OS2/c1-10(2)13-12(9-15-6-7-17-3)19-14(16-13)11-5-4-8-18-11/h4-5,8,10,15H,6-7,9H2,1-3H3. The molecule has 0 aliphatic carbocycles. The summed E-state index contributed by atoms with van der Waals surface area (Å²) in [7, 11) is 1.73. The van der Waals surface area contributed by atoms with Crippen molar-refractivity contribution in [2.24, 2.45) is 0 Å². The van der Waals surface area contributed by atoms with Gasteiger partial charge in [-0.2, -0.15) is 0 Å². The highest BCUT2D eigenvalue weighted by Crippen LogP contribution is 2.33. The van der Waals surface area contributed by atoms with Crippen LogP contribution in [0.5, 0.6) is 0 Å². The molecule has 0 fully saturated rings. The van der Waals surface area contributed by atoms with Gasteiger partial charge in [-0.1, -0.05) is 19.9 Å². The lowest BCUT2D eigenvalue weighted by Crippen LogP contribution is -2.18. The van der Waals surface area contributed by atoms with Crippen LogP contribution in [0.15, 0.2) is 17.5 Å². The Hall–Kier alpha value is -0.750. The third-order valence-electron chi connectivity index (χ3n) is 2.77. The summed E-state index contributed by atoms with van der Waals surface area (Å²) in [6.45, 7) is 6.89. The molecule has 0 saturated carbocycles. The fourth-order valence-corrected chi connectivity index (χ4v) is 3.81. The quantitative estimate of drug-likeness (QED) is 0.791. The molecule has 2 heterocycles. The molecule has 2 rings (SSSR count). The van der Waals surface area contributed by atoms with E-state index >= 15 is 0 Å². The highest BCUT2D eigenvalue weighted by molar-refractivity contribution is 7.21. The summed E-state index contributed by atoms with van der Waals surface area (Å²) in [5.41, 5.74) is 1.22. The van der Waals surface area contributed by atoms with Crippen molar-refractivity contribution in [2.45, 2.75) is 26.3 Å². The van der Waals surface area contributed by atoms with Crippen LogP contribution in [-0.2, 0) is 11.3 Å². The third-order valence-corrected chi connectivity index (χ3v) is 4.89. The number of aromatic nitrogens is 1. The number of hydrogen-bond donors (Lipinski definition) is 1. The minimum absolute atomic E-state index is 0.462. The van der Waals surface area contributed by atoms with Crippen LogP contribution in [0.4, 0.5) is 0 Å². The topological polar surface area (TPSA) is 34.1 Å². The molecule has 1 N–H and O–H groups in total. The molecule has 2 aromatic heterocycles. The van der Waals surface area contributed by atoms with Crippen LogP contribution in [0.1, 0.15) is 30.3 Å². The third kappa shape index (κ3) is 3.86. The average Bonchev–Trinajstić information content (AvgIpc) is 3.03. The molecule has 19 heavy (non-hydrogen) atoms. The van der Waals surface area contributed by atoms with Crippen molar-refractivity contribution in [3.63, 3.8) is 0 Å². The van der Waals surface area contributed by atoms with Crippen LogP contribution in [0, 0.1) is 0 Å². The van der Waals surface area contributed by atoms with E-state index in [1.165, 1.54) is 15.4 Å². The van der Waals surface area contributed by atoms with Crippen molar-refractivity contribution in [3.8, 4) is 9.88 Å². The van der Waals surface area contributed by atoms with Crippen molar-refractivity contribution in [1.29, 1.82) is 0 Å². The molecule has 0 saturated heterocycles. The zero-order chi connectivity index (χ0) is 13.7. The number of nitrogens with zero attached hydrogens (tertiary/aromatic N) is 1. The first-order chi connectivity index (χ1) is 9.22. The maximum absolute atomic E-state index is 5.05. The van der Waals surface area contributed by atoms with E-state index in [4.69, 9.17) is 9.72 Å². The predicted molar refractivity (Wildman–Crippen MR) is 83.1 cm³/mol. The van der Waals surface area contributed by atoms with Gasteiger partial charge in [0.1, 0.15) is 5.01 Å². The molecule has 0 spiro atoms. The fraction of sp³-hybridized carbons (Fsp3) is 0.500. The van der Waals surface area contributed by atoms with Gasteiger partial charge < -0.3 is 10.1 Å². The number of thiophene rings is 1. The van der Waals surface area contributed by atoms with E-state index in [0.29, 0.717) is 5.92 Å². The van der Waals surface area contributed by atoms with E-state index in [9.17, 15) is 0 Å². The molecule has 0 bridgehead atoms. The lowest BCUT2D eigenvalue weighted by Gasteiger charge is -2.06. The van der Waals surface area contributed by atoms with Gasteiger partial charge in [0.2, 0.25) is 0 Å². The van der Waals surface area contributed by atoms with Crippen LogP contribution in [-0.4, -0.2) is 25.2 Å². The van der Waals surface area contributed by atoms with E-state index in [-0.39, 0.29) is 0 Å². The van der Waals surface area contributed by atoms with Crippen molar-refractivity contribution < 1.29 is 4.74 Å². The Kier molecular flexibility index (Phi) is 5.51. The SMILES string of the molecule is COCCNCc1sc(-c2cccs2)nc1C(C)C. The number of methoxy groups -OCH3 is 1. The molecule has 0 unspecified atom stereocenters. The van der Waals surface area contributed by atoms with Crippen LogP contribution < -0.4 is 5.32 Å². The minimum atomic E-state index is 0.462. The van der Waals surface area contributed by atoms with E-state index in [2.05, 4.69) is 36.7 Å². The highest BCUT2D eigenvalue weighted by atomic mass is 32.1. The van der Waals surface area contributed by atoms with Crippen molar-refractivity contribution in [2.75, 3.05) is 20.3 Å². The summed E-state index contributed by atoms with van der Waals surface area (Å²) in [5, 5.41) is 6.65. The summed E-state index contributed by atoms with van der Waals surface area (Å²) in [5.74, 6) is 0.462. The van der Waals surface area contributed by atoms with E-state index in [1.54, 1.807) is 29.8 Å². The van der Waals surface area contributed by atoms with Crippen LogP contribution in [0.25, 0.3) is 9.88 Å². The molecule has 5 heteroatoms. The fourth-order valence-electron chi connectivity index (χ4n) is 1.82. The minimum Gasteiger partial charge on any atom is -0.383 e. The number of rotatable bonds is 7. The van der Waals surface area contributed by atoms with Gasteiger partial charge in [0.15, 0.2) is 0 Å². The molecule has 0 radical (unpaired) electrons. The second-order valence-electron chi connectivity index (χ2n) is 4.63. The zero-order valence-corrected chi connectivity index (χ0v) is 13.2. The van der Waals surface area contributed by atoms with Gasteiger partial charge >= 0.3 is 0 Å². The van der Waals surface area contributed by atoms with Crippen molar-refractivity contribution >= 4 is 22.7 Å². The van der Waals surface area contributed by atoms with Gasteiger partial charge in [-0.3, -0.25) is 0 Å². The molecule has 104 valence electrons. The Morgan fingerprint density at radius 1 is 1.42 bits per heavy atom. The molecule has 0 amide bonds. The van der Waals surface area contributed by atoms with Crippen LogP contribution in [0.3, 0.4) is 0 Å². The van der Waals surface area contributed by atoms with E-state index < -0.39 is 0 Å². The normalized spacial score (nSPS) is 11.4. The summed E-state index contributed by atoms with van der Waals surface area (Å²) < 4.78 is 5.05. The molecule has 2 aromatic rings. The zero-order valence-electron chi connectivity index (χ0n) is 11.6. The van der Waals surface area contributed by atoms with Gasteiger partial charge in [-0.05, 0) is 17.4 Å². The molecule has 3 nitrogen and oxygen atoms in total. The van der Waals surface area contributed by atoms with Crippen LogP contribution >= 0.6 is 22.7 Å². The second kappa shape index (κ2) is 7.14. The molecule has 0 aliphatic heterocycles. The Labute approximate surface area is 122 Å². The largest absolute Gasteiger partial charge is 0.383 e. The Morgan fingerprint density at radius 2 is 2.26 bits per heavy atom. The van der Waals surface area contributed by atoms with Gasteiger partial charge in [-0.15, -0.1) is 22.7 Å². The average molecular weight is 296 g/mol. The van der Waals surface area contributed by atoms with Crippen molar-refractivity contribution in [1.82, 2.24) is 10.3 Å². The first kappa shape index (κ1) is 14.7. The van der Waals surface area contributed by atoms with Gasteiger partial charge in [0.25, 0.3) is 0 Å². The van der Waals surface area contributed by atoms with Gasteiger partial charge in [-0.25, -0.2) is 4.98 Å². The Bertz CT molecular complexity index is 492. The predicted octanol–water partition coefficient (Wildman–Crippen LogP) is 3.73. The Balaban J connectivity index is 2.12. The number of nitrogens with one attached hydrogen (secondary N) is 1. The first-order valence-electron chi connectivity index (χ1n) is 6.45. The first-order valence-corrected chi connectivity index (χ1v) is 8.15. The second-order valence-corrected chi connectivity index (χ2v) is 6.66. The number of ether oxygens (including phenoxy) is 1. The molecular weight excluding hydrogens is 276 g/mol. The summed E-state index contributed by atoms with van der Waals surface area (Å²) >= 11 is 3.55. The van der Waals surface area contributed by atoms with Gasteiger partial charge in [0.05, 0.1) is 17.2 Å². The van der Waals surface area contributed by atoms with Gasteiger partial charge in [0, 0.05) is 25.1 Å². The molecule has 0 aliphatic rings. The molecule has 0 atom stereocenters. The van der Waals surface area contributed by atoms with Crippen molar-refractivity contribution in [3.05, 3.63) is 28.1 Å². The lowest BCUT2D eigenvalue weighted by molar-refractivity contribution is 0.199. The lowest BCUT2D eigenvalue weighted by atomic mass is 10.1. The summed E-state index contributed by atoms with van der Waals surface area (Å²) in [6.07, 6.45) is 0. The van der Waals surface area contributed by atoms with Crippen LogP contribution in [0.2, 0.25) is 0 Å². The molecular formula is C14H20N2OS2. The highest BCUT2D eigenvalue weighted by Gasteiger charge is 2.15. The number of hydrogen-bond acceptors (Lipinski definition) is 5. The maximum Gasteiger partial charge on any atom is 0.133 e. The van der Waals surface area contributed by atoms with E-state index in [1.807, 2.05) is 0 Å². The van der Waals surface area contributed by atoms with E-state index in [0.717, 1.165) is 24.7 Å². The number of thiazole rings is 1. The summed E-state index contributed by atoms with van der Waals surface area (Å²) in [6, 6.07) is 4.21. The monoisotopic (exact) mass is 296 g/mol. The summed E-state index contributed by atoms with van der Waals surface area (Å²) in [4.78, 5) is 7.41. The smallest absolute Gasteiger partial charge is 0.133 e. The Morgan fingerprint density at radius 3 is 2.89 bits per heavy atom. The molecule has 0 aromatic carbocycles. The maximum atomic E-state index is 5.05.